The molecular weight excluding hydrogens is 288 g/mol. The van der Waals surface area contributed by atoms with Gasteiger partial charge in [0.05, 0.1) is 25.3 Å². The summed E-state index contributed by atoms with van der Waals surface area (Å²) in [6.07, 6.45) is 1.78. The number of carboxylic acids is 1. The van der Waals surface area contributed by atoms with E-state index in [-0.39, 0.29) is 17.8 Å². The fraction of sp³-hybridized carbons (Fsp3) is 0.133. The standard InChI is InChI=1S/C15H12N2O5/c1-21-15(20)11-6-2-5-10-13(14(18)19)16-12(17(10)11)8-9-4-3-7-22-9/h2-7H,8H2,1H3,(H,18,19). The van der Waals surface area contributed by atoms with Crippen molar-refractivity contribution in [1.82, 2.24) is 9.38 Å². The first kappa shape index (κ1) is 13.9. The topological polar surface area (TPSA) is 94.0 Å². The van der Waals surface area contributed by atoms with Crippen LogP contribution in [0.3, 0.4) is 0 Å². The van der Waals surface area contributed by atoms with Crippen LogP contribution in [0.15, 0.2) is 41.0 Å². The number of carbonyl (C=O) groups excluding carboxylic acids is 1. The number of esters is 1. The van der Waals surface area contributed by atoms with E-state index in [1.807, 2.05) is 0 Å². The molecule has 0 amide bonds. The highest BCUT2D eigenvalue weighted by molar-refractivity contribution is 5.96. The third-order valence-electron chi connectivity index (χ3n) is 3.24. The van der Waals surface area contributed by atoms with Gasteiger partial charge in [0.15, 0.2) is 5.69 Å². The maximum atomic E-state index is 11.9. The summed E-state index contributed by atoms with van der Waals surface area (Å²) in [5.41, 5.74) is 0.422. The lowest BCUT2D eigenvalue weighted by Crippen LogP contribution is -2.10. The molecule has 0 aliphatic rings. The molecule has 0 radical (unpaired) electrons. The zero-order valence-corrected chi connectivity index (χ0v) is 11.6. The Morgan fingerprint density at radius 1 is 1.32 bits per heavy atom. The van der Waals surface area contributed by atoms with Crippen LogP contribution in [0, 0.1) is 0 Å². The van der Waals surface area contributed by atoms with Crippen LogP contribution < -0.4 is 0 Å². The number of aromatic nitrogens is 2. The van der Waals surface area contributed by atoms with Crippen molar-refractivity contribution in [3.63, 3.8) is 0 Å². The normalized spacial score (nSPS) is 10.8. The summed E-state index contributed by atoms with van der Waals surface area (Å²) in [5.74, 6) is -0.724. The van der Waals surface area contributed by atoms with E-state index in [1.54, 1.807) is 30.3 Å². The summed E-state index contributed by atoms with van der Waals surface area (Å²) in [7, 11) is 1.27. The van der Waals surface area contributed by atoms with Gasteiger partial charge in [-0.05, 0) is 24.3 Å². The molecule has 0 aromatic carbocycles. The number of rotatable bonds is 4. The van der Waals surface area contributed by atoms with Crippen LogP contribution in [-0.2, 0) is 11.2 Å². The third kappa shape index (κ3) is 2.22. The average molecular weight is 300 g/mol. The second kappa shape index (κ2) is 5.36. The highest BCUT2D eigenvalue weighted by atomic mass is 16.5. The van der Waals surface area contributed by atoms with Crippen molar-refractivity contribution < 1.29 is 23.8 Å². The number of aromatic carboxylic acids is 1. The van der Waals surface area contributed by atoms with Gasteiger partial charge in [-0.1, -0.05) is 6.07 Å². The number of fused-ring (bicyclic) bond motifs is 1. The summed E-state index contributed by atoms with van der Waals surface area (Å²) >= 11 is 0. The van der Waals surface area contributed by atoms with Crippen LogP contribution in [0.4, 0.5) is 0 Å². The van der Waals surface area contributed by atoms with Crippen LogP contribution in [0.25, 0.3) is 5.52 Å². The molecule has 22 heavy (non-hydrogen) atoms. The van der Waals surface area contributed by atoms with E-state index in [2.05, 4.69) is 4.98 Å². The van der Waals surface area contributed by atoms with Gasteiger partial charge in [-0.15, -0.1) is 0 Å². The molecule has 0 aliphatic heterocycles. The smallest absolute Gasteiger partial charge is 0.356 e. The first-order valence-corrected chi connectivity index (χ1v) is 6.46. The quantitative estimate of drug-likeness (QED) is 0.741. The molecule has 112 valence electrons. The minimum atomic E-state index is -1.16. The van der Waals surface area contributed by atoms with E-state index in [9.17, 15) is 14.7 Å². The molecule has 0 saturated heterocycles. The SMILES string of the molecule is COC(=O)c1cccc2c(C(=O)O)nc(Cc3ccco3)n12. The zero-order chi connectivity index (χ0) is 15.7. The maximum Gasteiger partial charge on any atom is 0.356 e. The number of hydrogen-bond donors (Lipinski definition) is 1. The largest absolute Gasteiger partial charge is 0.476 e. The van der Waals surface area contributed by atoms with Crippen LogP contribution in [-0.4, -0.2) is 33.5 Å². The van der Waals surface area contributed by atoms with Gasteiger partial charge in [0.1, 0.15) is 17.3 Å². The Hall–Kier alpha value is -3.09. The van der Waals surface area contributed by atoms with Gasteiger partial charge in [-0.25, -0.2) is 14.6 Å². The number of carbonyl (C=O) groups is 2. The minimum absolute atomic E-state index is 0.118. The van der Waals surface area contributed by atoms with Crippen LogP contribution in [0.1, 0.15) is 32.6 Å². The van der Waals surface area contributed by atoms with Crippen molar-refractivity contribution in [2.24, 2.45) is 0 Å². The lowest BCUT2D eigenvalue weighted by molar-refractivity contribution is 0.0590. The van der Waals surface area contributed by atoms with E-state index < -0.39 is 11.9 Å². The molecule has 0 unspecified atom stereocenters. The lowest BCUT2D eigenvalue weighted by atomic mass is 10.2. The molecule has 1 N–H and O–H groups in total. The van der Waals surface area contributed by atoms with Gasteiger partial charge < -0.3 is 14.3 Å². The maximum absolute atomic E-state index is 11.9. The van der Waals surface area contributed by atoms with Crippen molar-refractivity contribution in [1.29, 1.82) is 0 Å². The highest BCUT2D eigenvalue weighted by Crippen LogP contribution is 2.19. The Morgan fingerprint density at radius 2 is 2.14 bits per heavy atom. The van der Waals surface area contributed by atoms with Crippen LogP contribution in [0.2, 0.25) is 0 Å². The molecule has 0 atom stereocenters. The lowest BCUT2D eigenvalue weighted by Gasteiger charge is -2.06. The van der Waals surface area contributed by atoms with E-state index in [0.717, 1.165) is 0 Å². The second-order valence-corrected chi connectivity index (χ2v) is 4.56. The van der Waals surface area contributed by atoms with E-state index in [4.69, 9.17) is 9.15 Å². The monoisotopic (exact) mass is 300 g/mol. The van der Waals surface area contributed by atoms with Crippen LogP contribution in [0.5, 0.6) is 0 Å². The first-order valence-electron chi connectivity index (χ1n) is 6.46. The van der Waals surface area contributed by atoms with Crippen molar-refractivity contribution >= 4 is 17.5 Å². The summed E-state index contributed by atoms with van der Waals surface area (Å²) in [6, 6.07) is 8.21. The Bertz CT molecular complexity index is 848. The number of nitrogens with zero attached hydrogens (tertiary/aromatic N) is 2. The molecule has 0 spiro atoms. The predicted octanol–water partition coefficient (Wildman–Crippen LogP) is 2.00. The number of pyridine rings is 1. The van der Waals surface area contributed by atoms with Crippen molar-refractivity contribution in [3.8, 4) is 0 Å². The predicted molar refractivity (Wildman–Crippen MR) is 75.0 cm³/mol. The summed E-state index contributed by atoms with van der Waals surface area (Å²) in [5, 5.41) is 9.29. The van der Waals surface area contributed by atoms with Crippen LogP contribution >= 0.6 is 0 Å². The molecule has 7 nitrogen and oxygen atoms in total. The Morgan fingerprint density at radius 3 is 2.77 bits per heavy atom. The Labute approximate surface area is 124 Å². The van der Waals surface area contributed by atoms with Gasteiger partial charge in [0.2, 0.25) is 0 Å². The summed E-state index contributed by atoms with van der Waals surface area (Å²) < 4.78 is 11.5. The zero-order valence-electron chi connectivity index (χ0n) is 11.6. The highest BCUT2D eigenvalue weighted by Gasteiger charge is 2.22. The second-order valence-electron chi connectivity index (χ2n) is 4.56. The van der Waals surface area contributed by atoms with E-state index in [0.29, 0.717) is 17.1 Å². The Kier molecular flexibility index (Phi) is 3.38. The molecule has 0 aliphatic carbocycles. The van der Waals surface area contributed by atoms with Gasteiger partial charge in [-0.2, -0.15) is 0 Å². The number of furan rings is 1. The van der Waals surface area contributed by atoms with Gasteiger partial charge in [0.25, 0.3) is 0 Å². The molecule has 3 aromatic heterocycles. The van der Waals surface area contributed by atoms with Gasteiger partial charge in [0, 0.05) is 0 Å². The van der Waals surface area contributed by atoms with E-state index >= 15 is 0 Å². The number of hydrogen-bond acceptors (Lipinski definition) is 5. The summed E-state index contributed by atoms with van der Waals surface area (Å²) in [6.45, 7) is 0. The Balaban J connectivity index is 2.25. The number of carboxylic acid groups (broad SMARTS) is 1. The number of imidazole rings is 1. The fourth-order valence-corrected chi connectivity index (χ4v) is 2.32. The van der Waals surface area contributed by atoms with Crippen molar-refractivity contribution in [2.75, 3.05) is 7.11 Å². The third-order valence-corrected chi connectivity index (χ3v) is 3.24. The molecule has 3 heterocycles. The van der Waals surface area contributed by atoms with Crippen molar-refractivity contribution in [2.45, 2.75) is 6.42 Å². The minimum Gasteiger partial charge on any atom is -0.476 e. The molecule has 3 rings (SSSR count). The van der Waals surface area contributed by atoms with Crippen molar-refractivity contribution in [3.05, 3.63) is 59.6 Å². The van der Waals surface area contributed by atoms with Gasteiger partial charge >= 0.3 is 11.9 Å². The fourth-order valence-electron chi connectivity index (χ4n) is 2.32. The average Bonchev–Trinajstić information content (AvgIpc) is 3.15. The first-order chi connectivity index (χ1) is 10.6. The number of methoxy groups -OCH3 is 1. The molecule has 7 heteroatoms. The molecular formula is C15H12N2O5. The summed E-state index contributed by atoms with van der Waals surface area (Å²) in [4.78, 5) is 27.4. The van der Waals surface area contributed by atoms with Gasteiger partial charge in [-0.3, -0.25) is 4.40 Å². The molecule has 0 bridgehead atoms. The number of ether oxygens (including phenoxy) is 1. The molecule has 3 aromatic rings. The molecule has 0 saturated carbocycles. The van der Waals surface area contributed by atoms with E-state index in [1.165, 1.54) is 17.8 Å². The molecule has 0 fully saturated rings.